The Morgan fingerprint density at radius 1 is 1.29 bits per heavy atom. The van der Waals surface area contributed by atoms with Crippen molar-refractivity contribution >= 4 is 12.0 Å². The topological polar surface area (TPSA) is 65.0 Å². The van der Waals surface area contributed by atoms with Crippen molar-refractivity contribution in [1.82, 2.24) is 0 Å². The number of ether oxygens (including phenoxy) is 3. The van der Waals surface area contributed by atoms with Gasteiger partial charge in [0, 0.05) is 31.8 Å². The van der Waals surface area contributed by atoms with Gasteiger partial charge in [-0.05, 0) is 24.3 Å². The first-order valence-corrected chi connectivity index (χ1v) is 6.53. The van der Waals surface area contributed by atoms with Crippen LogP contribution in [0.2, 0.25) is 0 Å². The second-order valence-electron chi connectivity index (χ2n) is 4.16. The number of carbonyl (C=O) groups is 1. The van der Waals surface area contributed by atoms with Gasteiger partial charge in [0.1, 0.15) is 11.6 Å². The van der Waals surface area contributed by atoms with Gasteiger partial charge in [0.05, 0.1) is 19.8 Å². The predicted molar refractivity (Wildman–Crippen MR) is 75.9 cm³/mol. The number of rotatable bonds is 10. The molecule has 0 unspecified atom stereocenters. The Hall–Kier alpha value is -1.92. The third-order valence-electron chi connectivity index (χ3n) is 2.50. The number of carboxylic acids is 1. The van der Waals surface area contributed by atoms with Gasteiger partial charge in [0.15, 0.2) is 0 Å². The monoisotopic (exact) mass is 298 g/mol. The molecule has 0 spiro atoms. The lowest BCUT2D eigenvalue weighted by atomic mass is 10.2. The van der Waals surface area contributed by atoms with E-state index in [1.807, 2.05) is 0 Å². The first-order chi connectivity index (χ1) is 10.1. The van der Waals surface area contributed by atoms with Crippen molar-refractivity contribution in [3.05, 3.63) is 35.7 Å². The fourth-order valence-corrected chi connectivity index (χ4v) is 1.53. The molecule has 1 aromatic carbocycles. The predicted octanol–water partition coefficient (Wildman–Crippen LogP) is 2.36. The maximum Gasteiger partial charge on any atom is 0.328 e. The van der Waals surface area contributed by atoms with Crippen LogP contribution in [-0.4, -0.2) is 44.6 Å². The standard InChI is InChI=1S/C15H19FO5/c1-19-9-10-20-7-2-8-21-14-5-4-13(16)11-12(14)3-6-15(17)18/h3-6,11H,2,7-10H2,1H3,(H,17,18)/b6-3+. The van der Waals surface area contributed by atoms with E-state index in [1.165, 1.54) is 24.3 Å². The smallest absolute Gasteiger partial charge is 0.328 e. The molecule has 0 atom stereocenters. The average molecular weight is 298 g/mol. The molecule has 21 heavy (non-hydrogen) atoms. The Morgan fingerprint density at radius 2 is 2.10 bits per heavy atom. The zero-order chi connectivity index (χ0) is 15.5. The Bertz CT molecular complexity index is 473. The lowest BCUT2D eigenvalue weighted by molar-refractivity contribution is -0.131. The molecule has 5 nitrogen and oxygen atoms in total. The first-order valence-electron chi connectivity index (χ1n) is 6.53. The van der Waals surface area contributed by atoms with Gasteiger partial charge in [0.25, 0.3) is 0 Å². The summed E-state index contributed by atoms with van der Waals surface area (Å²) in [4.78, 5) is 10.5. The fraction of sp³-hybridized carbons (Fsp3) is 0.400. The molecule has 0 amide bonds. The molecule has 0 heterocycles. The normalized spacial score (nSPS) is 11.0. The maximum absolute atomic E-state index is 13.2. The minimum atomic E-state index is -1.10. The summed E-state index contributed by atoms with van der Waals surface area (Å²) in [6.07, 6.45) is 2.91. The van der Waals surface area contributed by atoms with Crippen molar-refractivity contribution in [1.29, 1.82) is 0 Å². The van der Waals surface area contributed by atoms with Gasteiger partial charge >= 0.3 is 5.97 Å². The van der Waals surface area contributed by atoms with Crippen molar-refractivity contribution in [3.8, 4) is 5.75 Å². The summed E-state index contributed by atoms with van der Waals surface area (Å²) in [6.45, 7) is 2.00. The van der Waals surface area contributed by atoms with Gasteiger partial charge in [0.2, 0.25) is 0 Å². The molecule has 0 aliphatic heterocycles. The van der Waals surface area contributed by atoms with Crippen molar-refractivity contribution < 1.29 is 28.5 Å². The van der Waals surface area contributed by atoms with Crippen LogP contribution in [0.5, 0.6) is 5.75 Å². The average Bonchev–Trinajstić information content (AvgIpc) is 2.45. The van der Waals surface area contributed by atoms with Crippen LogP contribution < -0.4 is 4.74 Å². The second-order valence-corrected chi connectivity index (χ2v) is 4.16. The highest BCUT2D eigenvalue weighted by molar-refractivity contribution is 5.85. The molecule has 0 radical (unpaired) electrons. The van der Waals surface area contributed by atoms with Crippen molar-refractivity contribution in [2.45, 2.75) is 6.42 Å². The maximum atomic E-state index is 13.2. The lowest BCUT2D eigenvalue weighted by Crippen LogP contribution is -2.07. The van der Waals surface area contributed by atoms with Crippen LogP contribution in [0.1, 0.15) is 12.0 Å². The zero-order valence-electron chi connectivity index (χ0n) is 11.9. The van der Waals surface area contributed by atoms with Crippen LogP contribution in [0.25, 0.3) is 6.08 Å². The van der Waals surface area contributed by atoms with Gasteiger partial charge in [-0.2, -0.15) is 0 Å². The molecule has 0 bridgehead atoms. The summed E-state index contributed by atoms with van der Waals surface area (Å²) < 4.78 is 28.8. The molecule has 1 rings (SSSR count). The second kappa shape index (κ2) is 9.90. The number of benzene rings is 1. The van der Waals surface area contributed by atoms with E-state index in [9.17, 15) is 9.18 Å². The fourth-order valence-electron chi connectivity index (χ4n) is 1.53. The quantitative estimate of drug-likeness (QED) is 0.530. The van der Waals surface area contributed by atoms with E-state index in [4.69, 9.17) is 19.3 Å². The van der Waals surface area contributed by atoms with Crippen LogP contribution in [0.4, 0.5) is 4.39 Å². The number of methoxy groups -OCH3 is 1. The van der Waals surface area contributed by atoms with Crippen molar-refractivity contribution in [2.75, 3.05) is 33.5 Å². The van der Waals surface area contributed by atoms with Gasteiger partial charge in [-0.25, -0.2) is 9.18 Å². The molecular weight excluding hydrogens is 279 g/mol. The molecule has 0 fully saturated rings. The summed E-state index contributed by atoms with van der Waals surface area (Å²) in [7, 11) is 1.60. The number of hydrogen-bond donors (Lipinski definition) is 1. The van der Waals surface area contributed by atoms with Gasteiger partial charge in [-0.3, -0.25) is 0 Å². The third kappa shape index (κ3) is 7.43. The highest BCUT2D eigenvalue weighted by Gasteiger charge is 2.03. The van der Waals surface area contributed by atoms with Gasteiger partial charge < -0.3 is 19.3 Å². The van der Waals surface area contributed by atoms with E-state index < -0.39 is 11.8 Å². The number of aliphatic carboxylic acids is 1. The molecule has 0 aromatic heterocycles. The summed E-state index contributed by atoms with van der Waals surface area (Å²) in [5.74, 6) is -1.11. The van der Waals surface area contributed by atoms with Crippen LogP contribution in [0, 0.1) is 5.82 Å². The number of hydrogen-bond acceptors (Lipinski definition) is 4. The highest BCUT2D eigenvalue weighted by atomic mass is 19.1. The summed E-state index contributed by atoms with van der Waals surface area (Å²) in [5, 5.41) is 8.60. The van der Waals surface area contributed by atoms with E-state index in [1.54, 1.807) is 7.11 Å². The molecule has 116 valence electrons. The Kier molecular flexibility index (Phi) is 8.08. The van der Waals surface area contributed by atoms with Crippen LogP contribution in [0.15, 0.2) is 24.3 Å². The molecule has 0 saturated carbocycles. The molecule has 0 aliphatic rings. The van der Waals surface area contributed by atoms with E-state index in [0.717, 1.165) is 6.08 Å². The molecular formula is C15H19FO5. The summed E-state index contributed by atoms with van der Waals surface area (Å²) in [6, 6.07) is 3.97. The highest BCUT2D eigenvalue weighted by Crippen LogP contribution is 2.21. The van der Waals surface area contributed by atoms with Gasteiger partial charge in [-0.1, -0.05) is 0 Å². The summed E-state index contributed by atoms with van der Waals surface area (Å²) >= 11 is 0. The molecule has 0 saturated heterocycles. The van der Waals surface area contributed by atoms with Gasteiger partial charge in [-0.15, -0.1) is 0 Å². The molecule has 0 aliphatic carbocycles. The SMILES string of the molecule is COCCOCCCOc1ccc(F)cc1/C=C/C(=O)O. The van der Waals surface area contributed by atoms with E-state index in [0.29, 0.717) is 44.2 Å². The Labute approximate surface area is 122 Å². The van der Waals surface area contributed by atoms with Crippen molar-refractivity contribution in [2.24, 2.45) is 0 Å². The lowest BCUT2D eigenvalue weighted by Gasteiger charge is -2.09. The first kappa shape index (κ1) is 17.1. The molecule has 6 heteroatoms. The minimum absolute atomic E-state index is 0.387. The number of carboxylic acid groups (broad SMARTS) is 1. The molecule has 1 aromatic rings. The van der Waals surface area contributed by atoms with E-state index in [2.05, 4.69) is 0 Å². The number of halogens is 1. The summed E-state index contributed by atoms with van der Waals surface area (Å²) in [5.41, 5.74) is 0.387. The van der Waals surface area contributed by atoms with E-state index in [-0.39, 0.29) is 0 Å². The van der Waals surface area contributed by atoms with Crippen LogP contribution in [0.3, 0.4) is 0 Å². The Morgan fingerprint density at radius 3 is 2.81 bits per heavy atom. The third-order valence-corrected chi connectivity index (χ3v) is 2.50. The van der Waals surface area contributed by atoms with Crippen LogP contribution in [-0.2, 0) is 14.3 Å². The largest absolute Gasteiger partial charge is 0.493 e. The van der Waals surface area contributed by atoms with Crippen molar-refractivity contribution in [3.63, 3.8) is 0 Å². The van der Waals surface area contributed by atoms with E-state index >= 15 is 0 Å². The van der Waals surface area contributed by atoms with Crippen LogP contribution >= 0.6 is 0 Å². The Balaban J connectivity index is 2.45. The zero-order valence-corrected chi connectivity index (χ0v) is 11.9. The molecule has 1 N–H and O–H groups in total. The minimum Gasteiger partial charge on any atom is -0.493 e.